The number of carbonyl (C=O) groups excluding carboxylic acids is 2. The maximum atomic E-state index is 12.9. The van der Waals surface area contributed by atoms with E-state index in [0.29, 0.717) is 48.6 Å². The molecule has 0 aromatic heterocycles. The lowest BCUT2D eigenvalue weighted by Crippen LogP contribution is -2.42. The molecule has 0 bridgehead atoms. The first-order valence-electron chi connectivity index (χ1n) is 9.61. The average molecular weight is 413 g/mol. The quantitative estimate of drug-likeness (QED) is 0.583. The Kier molecular flexibility index (Phi) is 7.00. The maximum absolute atomic E-state index is 12.9. The molecule has 1 N–H and O–H groups in total. The van der Waals surface area contributed by atoms with E-state index >= 15 is 0 Å². The van der Waals surface area contributed by atoms with E-state index in [-0.39, 0.29) is 23.5 Å². The Morgan fingerprint density at radius 3 is 2.23 bits per heavy atom. The van der Waals surface area contributed by atoms with Crippen LogP contribution in [0.1, 0.15) is 28.8 Å². The van der Waals surface area contributed by atoms with Crippen LogP contribution in [0.4, 0.5) is 4.39 Å². The Balaban J connectivity index is 1.53. The molecule has 1 aliphatic heterocycles. The fourth-order valence-electron chi connectivity index (χ4n) is 3.27. The van der Waals surface area contributed by atoms with Gasteiger partial charge in [-0.25, -0.2) is 9.82 Å². The van der Waals surface area contributed by atoms with Crippen LogP contribution in [0.5, 0.6) is 11.5 Å². The van der Waals surface area contributed by atoms with Crippen LogP contribution in [0.25, 0.3) is 0 Å². The van der Waals surface area contributed by atoms with E-state index in [2.05, 4.69) is 10.5 Å². The van der Waals surface area contributed by atoms with Crippen molar-refractivity contribution in [3.05, 3.63) is 59.4 Å². The Morgan fingerprint density at radius 1 is 1.07 bits per heavy atom. The van der Waals surface area contributed by atoms with E-state index in [4.69, 9.17) is 9.47 Å². The van der Waals surface area contributed by atoms with Crippen molar-refractivity contribution in [2.75, 3.05) is 27.3 Å². The molecular weight excluding hydrogens is 389 g/mol. The van der Waals surface area contributed by atoms with Crippen LogP contribution >= 0.6 is 0 Å². The second-order valence-corrected chi connectivity index (χ2v) is 6.95. The van der Waals surface area contributed by atoms with Crippen LogP contribution in [-0.4, -0.2) is 50.2 Å². The number of piperidine rings is 1. The molecule has 0 atom stereocenters. The molecule has 2 aromatic carbocycles. The van der Waals surface area contributed by atoms with Crippen molar-refractivity contribution < 1.29 is 23.5 Å². The minimum absolute atomic E-state index is 0.125. The lowest BCUT2D eigenvalue weighted by atomic mass is 9.95. The highest BCUT2D eigenvalue weighted by molar-refractivity contribution is 5.95. The fraction of sp³-hybridized carbons (Fsp3) is 0.318. The van der Waals surface area contributed by atoms with Crippen molar-refractivity contribution in [3.8, 4) is 11.5 Å². The summed E-state index contributed by atoms with van der Waals surface area (Å²) in [7, 11) is 3.07. The van der Waals surface area contributed by atoms with Gasteiger partial charge in [-0.3, -0.25) is 9.59 Å². The van der Waals surface area contributed by atoms with E-state index in [9.17, 15) is 14.0 Å². The molecule has 0 unspecified atom stereocenters. The number of amides is 2. The van der Waals surface area contributed by atoms with Gasteiger partial charge in [-0.1, -0.05) is 12.1 Å². The molecule has 1 heterocycles. The van der Waals surface area contributed by atoms with Gasteiger partial charge in [0.1, 0.15) is 17.3 Å². The molecule has 8 heteroatoms. The number of hydrogen-bond donors (Lipinski definition) is 1. The number of hydrazone groups is 1. The Labute approximate surface area is 174 Å². The molecule has 0 saturated carbocycles. The molecule has 2 aromatic rings. The highest BCUT2D eigenvalue weighted by atomic mass is 19.1. The second kappa shape index (κ2) is 9.87. The summed E-state index contributed by atoms with van der Waals surface area (Å²) < 4.78 is 23.3. The molecule has 2 amide bonds. The van der Waals surface area contributed by atoms with Crippen LogP contribution in [-0.2, 0) is 4.79 Å². The highest BCUT2D eigenvalue weighted by Crippen LogP contribution is 2.25. The largest absolute Gasteiger partial charge is 0.497 e. The van der Waals surface area contributed by atoms with Crippen molar-refractivity contribution in [1.29, 1.82) is 0 Å². The number of ether oxygens (including phenoxy) is 2. The third kappa shape index (κ3) is 5.34. The monoisotopic (exact) mass is 413 g/mol. The van der Waals surface area contributed by atoms with Gasteiger partial charge >= 0.3 is 0 Å². The minimum Gasteiger partial charge on any atom is -0.497 e. The third-order valence-corrected chi connectivity index (χ3v) is 5.01. The lowest BCUT2D eigenvalue weighted by Gasteiger charge is -2.31. The number of benzene rings is 2. The van der Waals surface area contributed by atoms with Crippen LogP contribution in [0.2, 0.25) is 0 Å². The van der Waals surface area contributed by atoms with Gasteiger partial charge in [-0.15, -0.1) is 0 Å². The minimum atomic E-state index is -0.329. The molecule has 3 rings (SSSR count). The second-order valence-electron chi connectivity index (χ2n) is 6.95. The molecule has 0 radical (unpaired) electrons. The van der Waals surface area contributed by atoms with E-state index in [0.717, 1.165) is 0 Å². The molecule has 0 spiro atoms. The van der Waals surface area contributed by atoms with Crippen LogP contribution in [0.3, 0.4) is 0 Å². The first kappa shape index (κ1) is 21.3. The highest BCUT2D eigenvalue weighted by Gasteiger charge is 2.28. The molecular formula is C22H24FN3O4. The molecule has 30 heavy (non-hydrogen) atoms. The van der Waals surface area contributed by atoms with E-state index in [1.54, 1.807) is 35.2 Å². The van der Waals surface area contributed by atoms with Gasteiger partial charge in [-0.05, 0) is 42.7 Å². The normalized spacial score (nSPS) is 14.6. The Bertz CT molecular complexity index is 900. The Hall–Kier alpha value is -3.42. The van der Waals surface area contributed by atoms with Crippen LogP contribution in [0, 0.1) is 11.7 Å². The predicted octanol–water partition coefficient (Wildman–Crippen LogP) is 2.85. The zero-order valence-corrected chi connectivity index (χ0v) is 16.9. The number of methoxy groups -OCH3 is 2. The van der Waals surface area contributed by atoms with Gasteiger partial charge in [0.25, 0.3) is 5.91 Å². The summed E-state index contributed by atoms with van der Waals surface area (Å²) in [5.74, 6) is 0.227. The van der Waals surface area contributed by atoms with Crippen molar-refractivity contribution in [3.63, 3.8) is 0 Å². The zero-order valence-electron chi connectivity index (χ0n) is 16.9. The van der Waals surface area contributed by atoms with Gasteiger partial charge < -0.3 is 14.4 Å². The number of rotatable bonds is 6. The van der Waals surface area contributed by atoms with Gasteiger partial charge in [0.2, 0.25) is 5.91 Å². The average Bonchev–Trinajstić information content (AvgIpc) is 2.79. The number of carbonyl (C=O) groups is 2. The lowest BCUT2D eigenvalue weighted by molar-refractivity contribution is -0.126. The van der Waals surface area contributed by atoms with Crippen molar-refractivity contribution >= 4 is 18.0 Å². The number of nitrogens with one attached hydrogen (secondary N) is 1. The summed E-state index contributed by atoms with van der Waals surface area (Å²) in [6, 6.07) is 10.9. The van der Waals surface area contributed by atoms with Crippen LogP contribution in [0.15, 0.2) is 47.6 Å². The summed E-state index contributed by atoms with van der Waals surface area (Å²) in [6.07, 6.45) is 2.56. The molecule has 158 valence electrons. The summed E-state index contributed by atoms with van der Waals surface area (Å²) in [5.41, 5.74) is 3.69. The standard InChI is InChI=1S/C22H24FN3O4/c1-29-19-11-17(12-20(13-19)30-2)22(28)26-9-7-16(8-10-26)21(27)25-24-14-15-3-5-18(23)6-4-15/h3-6,11-14,16H,7-10H2,1-2H3,(H,25,27)/b24-14+. The molecule has 0 aliphatic carbocycles. The van der Waals surface area contributed by atoms with Crippen molar-refractivity contribution in [2.45, 2.75) is 12.8 Å². The van der Waals surface area contributed by atoms with Crippen LogP contribution < -0.4 is 14.9 Å². The van der Waals surface area contributed by atoms with Crippen molar-refractivity contribution in [2.24, 2.45) is 11.0 Å². The Morgan fingerprint density at radius 2 is 1.67 bits per heavy atom. The zero-order chi connectivity index (χ0) is 21.5. The summed E-state index contributed by atoms with van der Waals surface area (Å²) in [5, 5.41) is 3.93. The van der Waals surface area contributed by atoms with Crippen molar-refractivity contribution in [1.82, 2.24) is 10.3 Å². The fourth-order valence-corrected chi connectivity index (χ4v) is 3.27. The van der Waals surface area contributed by atoms with Gasteiger partial charge in [0.05, 0.1) is 20.4 Å². The molecule has 1 fully saturated rings. The summed E-state index contributed by atoms with van der Waals surface area (Å²) >= 11 is 0. The maximum Gasteiger partial charge on any atom is 0.254 e. The smallest absolute Gasteiger partial charge is 0.254 e. The number of halogens is 1. The topological polar surface area (TPSA) is 80.2 Å². The van der Waals surface area contributed by atoms with Gasteiger partial charge in [0.15, 0.2) is 0 Å². The molecule has 1 saturated heterocycles. The van der Waals surface area contributed by atoms with E-state index in [1.807, 2.05) is 0 Å². The predicted molar refractivity (Wildman–Crippen MR) is 110 cm³/mol. The number of likely N-dealkylation sites (tertiary alicyclic amines) is 1. The first-order chi connectivity index (χ1) is 14.5. The van der Waals surface area contributed by atoms with E-state index in [1.165, 1.54) is 32.6 Å². The SMILES string of the molecule is COc1cc(OC)cc(C(=O)N2CCC(C(=O)N/N=C/c3ccc(F)cc3)CC2)c1. The number of hydrogen-bond acceptors (Lipinski definition) is 5. The summed E-state index contributed by atoms with van der Waals surface area (Å²) in [4.78, 5) is 26.9. The van der Waals surface area contributed by atoms with Gasteiger partial charge in [0, 0.05) is 30.6 Å². The molecule has 7 nitrogen and oxygen atoms in total. The van der Waals surface area contributed by atoms with E-state index < -0.39 is 0 Å². The molecule has 1 aliphatic rings. The number of nitrogens with zero attached hydrogens (tertiary/aromatic N) is 2. The van der Waals surface area contributed by atoms with Gasteiger partial charge in [-0.2, -0.15) is 5.10 Å². The third-order valence-electron chi connectivity index (χ3n) is 5.01. The first-order valence-corrected chi connectivity index (χ1v) is 9.61. The summed E-state index contributed by atoms with van der Waals surface area (Å²) in [6.45, 7) is 0.941.